The molecule has 0 saturated heterocycles. The van der Waals surface area contributed by atoms with Gasteiger partial charge in [0.15, 0.2) is 0 Å². The van der Waals surface area contributed by atoms with Gasteiger partial charge < -0.3 is 10.4 Å². The van der Waals surface area contributed by atoms with Crippen molar-refractivity contribution in [2.75, 3.05) is 11.9 Å². The number of halogens is 1. The van der Waals surface area contributed by atoms with Gasteiger partial charge in [-0.05, 0) is 55.0 Å². The molecule has 106 valence electrons. The minimum Gasteiger partial charge on any atom is -0.396 e. The van der Waals surface area contributed by atoms with E-state index in [0.717, 1.165) is 35.7 Å². The summed E-state index contributed by atoms with van der Waals surface area (Å²) in [7, 11) is 0. The predicted octanol–water partition coefficient (Wildman–Crippen LogP) is 4.43. The molecule has 0 amide bonds. The first-order chi connectivity index (χ1) is 9.76. The van der Waals surface area contributed by atoms with Crippen molar-refractivity contribution in [2.45, 2.75) is 31.7 Å². The van der Waals surface area contributed by atoms with Crippen LogP contribution in [0.5, 0.6) is 0 Å². The summed E-state index contributed by atoms with van der Waals surface area (Å²) in [6, 6.07) is 11.0. The molecule has 0 fully saturated rings. The number of hydrogen-bond acceptors (Lipinski definition) is 3. The molecule has 1 aromatic carbocycles. The zero-order valence-electron chi connectivity index (χ0n) is 11.2. The number of benzene rings is 1. The summed E-state index contributed by atoms with van der Waals surface area (Å²) >= 11 is 7.80. The Morgan fingerprint density at radius 3 is 3.10 bits per heavy atom. The highest BCUT2D eigenvalue weighted by atomic mass is 35.5. The molecule has 2 aromatic rings. The van der Waals surface area contributed by atoms with E-state index in [1.807, 2.05) is 0 Å². The molecular formula is C16H18ClNOS. The fraction of sp³-hybridized carbons (Fsp3) is 0.375. The topological polar surface area (TPSA) is 32.3 Å². The van der Waals surface area contributed by atoms with E-state index in [2.05, 4.69) is 35.6 Å². The van der Waals surface area contributed by atoms with Crippen LogP contribution < -0.4 is 5.32 Å². The molecule has 0 aliphatic heterocycles. The summed E-state index contributed by atoms with van der Waals surface area (Å²) in [5.74, 6) is 0. The summed E-state index contributed by atoms with van der Waals surface area (Å²) in [5.41, 5.74) is 3.78. The average Bonchev–Trinajstić information content (AvgIpc) is 2.98. The summed E-state index contributed by atoms with van der Waals surface area (Å²) in [6.07, 6.45) is 4.00. The number of nitrogens with one attached hydrogen (secondary N) is 1. The van der Waals surface area contributed by atoms with Crippen LogP contribution in [-0.4, -0.2) is 11.7 Å². The van der Waals surface area contributed by atoms with Crippen LogP contribution in [-0.2, 0) is 12.8 Å². The second-order valence-corrected chi connectivity index (χ2v) is 6.96. The van der Waals surface area contributed by atoms with Crippen LogP contribution in [0.1, 0.15) is 34.9 Å². The van der Waals surface area contributed by atoms with Gasteiger partial charge in [0.2, 0.25) is 0 Å². The lowest BCUT2D eigenvalue weighted by Crippen LogP contribution is -2.06. The quantitative estimate of drug-likeness (QED) is 0.856. The molecule has 1 aliphatic carbocycles. The van der Waals surface area contributed by atoms with Gasteiger partial charge in [0, 0.05) is 17.2 Å². The largest absolute Gasteiger partial charge is 0.396 e. The molecule has 4 heteroatoms. The maximum atomic E-state index is 8.91. The van der Waals surface area contributed by atoms with Crippen LogP contribution in [0.25, 0.3) is 0 Å². The molecule has 1 heterocycles. The van der Waals surface area contributed by atoms with Crippen molar-refractivity contribution in [3.8, 4) is 0 Å². The van der Waals surface area contributed by atoms with E-state index in [4.69, 9.17) is 16.7 Å². The molecule has 0 spiro atoms. The van der Waals surface area contributed by atoms with E-state index in [1.54, 1.807) is 11.3 Å². The zero-order valence-corrected chi connectivity index (χ0v) is 12.8. The third-order valence-corrected chi connectivity index (χ3v) is 5.08. The number of rotatable bonds is 5. The molecular weight excluding hydrogens is 290 g/mol. The molecule has 2 nitrogen and oxygen atoms in total. The Morgan fingerprint density at radius 1 is 1.35 bits per heavy atom. The Bertz CT molecular complexity index is 596. The van der Waals surface area contributed by atoms with E-state index in [-0.39, 0.29) is 6.61 Å². The normalized spacial score (nSPS) is 17.2. The highest BCUT2D eigenvalue weighted by molar-refractivity contribution is 7.16. The van der Waals surface area contributed by atoms with Crippen molar-refractivity contribution in [1.29, 1.82) is 0 Å². The second kappa shape index (κ2) is 6.17. The fourth-order valence-corrected chi connectivity index (χ4v) is 4.14. The Balaban J connectivity index is 1.72. The van der Waals surface area contributed by atoms with Crippen molar-refractivity contribution >= 4 is 28.6 Å². The van der Waals surface area contributed by atoms with Gasteiger partial charge in [0.25, 0.3) is 0 Å². The first-order valence-electron chi connectivity index (χ1n) is 7.00. The number of aliphatic hydroxyl groups is 1. The number of aliphatic hydroxyl groups excluding tert-OH is 1. The molecule has 3 rings (SSSR count). The number of fused-ring (bicyclic) bond motifs is 1. The van der Waals surface area contributed by atoms with Crippen LogP contribution in [0.15, 0.2) is 30.3 Å². The van der Waals surface area contributed by atoms with Gasteiger partial charge in [0.05, 0.1) is 10.4 Å². The van der Waals surface area contributed by atoms with Crippen molar-refractivity contribution < 1.29 is 5.11 Å². The lowest BCUT2D eigenvalue weighted by atomic mass is 10.1. The number of aryl methyl sites for hydroxylation is 2. The Hall–Kier alpha value is -1.03. The predicted molar refractivity (Wildman–Crippen MR) is 85.9 cm³/mol. The lowest BCUT2D eigenvalue weighted by molar-refractivity contribution is 0.288. The monoisotopic (exact) mass is 307 g/mol. The van der Waals surface area contributed by atoms with E-state index >= 15 is 0 Å². The summed E-state index contributed by atoms with van der Waals surface area (Å²) < 4.78 is 0.887. The first kappa shape index (κ1) is 13.9. The van der Waals surface area contributed by atoms with Crippen molar-refractivity contribution in [3.05, 3.63) is 50.7 Å². The second-order valence-electron chi connectivity index (χ2n) is 5.19. The molecule has 0 bridgehead atoms. The van der Waals surface area contributed by atoms with Gasteiger partial charge in [-0.2, -0.15) is 0 Å². The van der Waals surface area contributed by atoms with Crippen LogP contribution in [0.2, 0.25) is 4.34 Å². The SMILES string of the molecule is OCCCc1cccc(NC2CCc3sc(Cl)cc32)c1. The van der Waals surface area contributed by atoms with Crippen LogP contribution in [0.3, 0.4) is 0 Å². The standard InChI is InChI=1S/C16H18ClNOS/c17-16-10-13-14(6-7-15(13)20-16)18-12-5-1-3-11(9-12)4-2-8-19/h1,3,5,9-10,14,18-19H,2,4,6-8H2. The van der Waals surface area contributed by atoms with Crippen LogP contribution in [0.4, 0.5) is 5.69 Å². The van der Waals surface area contributed by atoms with Crippen molar-refractivity contribution in [2.24, 2.45) is 0 Å². The Labute approximate surface area is 128 Å². The van der Waals surface area contributed by atoms with Crippen LogP contribution in [0, 0.1) is 0 Å². The summed E-state index contributed by atoms with van der Waals surface area (Å²) in [5, 5.41) is 12.5. The molecule has 1 aliphatic rings. The number of thiophene rings is 1. The third kappa shape index (κ3) is 3.00. The molecule has 0 radical (unpaired) electrons. The van der Waals surface area contributed by atoms with E-state index < -0.39 is 0 Å². The van der Waals surface area contributed by atoms with E-state index in [1.165, 1.54) is 16.0 Å². The molecule has 1 aromatic heterocycles. The van der Waals surface area contributed by atoms with Gasteiger partial charge in [-0.15, -0.1) is 11.3 Å². The summed E-state index contributed by atoms with van der Waals surface area (Å²) in [4.78, 5) is 1.42. The van der Waals surface area contributed by atoms with Crippen molar-refractivity contribution in [3.63, 3.8) is 0 Å². The summed E-state index contributed by atoms with van der Waals surface area (Å²) in [6.45, 7) is 0.247. The van der Waals surface area contributed by atoms with Gasteiger partial charge in [-0.25, -0.2) is 0 Å². The lowest BCUT2D eigenvalue weighted by Gasteiger charge is -2.15. The number of hydrogen-bond donors (Lipinski definition) is 2. The molecule has 0 saturated carbocycles. The average molecular weight is 308 g/mol. The minimum absolute atomic E-state index is 0.247. The first-order valence-corrected chi connectivity index (χ1v) is 8.20. The molecule has 1 unspecified atom stereocenters. The Kier molecular flexibility index (Phi) is 4.29. The molecule has 1 atom stereocenters. The van der Waals surface area contributed by atoms with Gasteiger partial charge in [-0.1, -0.05) is 23.7 Å². The third-order valence-electron chi connectivity index (χ3n) is 3.74. The zero-order chi connectivity index (χ0) is 13.9. The maximum absolute atomic E-state index is 8.91. The fourth-order valence-electron chi connectivity index (χ4n) is 2.78. The minimum atomic E-state index is 0.247. The van der Waals surface area contributed by atoms with Crippen LogP contribution >= 0.6 is 22.9 Å². The molecule has 2 N–H and O–H groups in total. The maximum Gasteiger partial charge on any atom is 0.0934 e. The highest BCUT2D eigenvalue weighted by Crippen LogP contribution is 2.40. The highest BCUT2D eigenvalue weighted by Gasteiger charge is 2.24. The van der Waals surface area contributed by atoms with E-state index in [0.29, 0.717) is 6.04 Å². The van der Waals surface area contributed by atoms with Gasteiger partial charge in [-0.3, -0.25) is 0 Å². The Morgan fingerprint density at radius 2 is 2.25 bits per heavy atom. The number of anilines is 1. The van der Waals surface area contributed by atoms with Gasteiger partial charge in [0.1, 0.15) is 0 Å². The smallest absolute Gasteiger partial charge is 0.0934 e. The van der Waals surface area contributed by atoms with Gasteiger partial charge >= 0.3 is 0 Å². The van der Waals surface area contributed by atoms with E-state index in [9.17, 15) is 0 Å². The molecule has 20 heavy (non-hydrogen) atoms. The van der Waals surface area contributed by atoms with Crippen molar-refractivity contribution in [1.82, 2.24) is 0 Å².